The zero-order chi connectivity index (χ0) is 37.9. The fourth-order valence-electron chi connectivity index (χ4n) is 6.42. The van der Waals surface area contributed by atoms with Gasteiger partial charge in [-0.05, 0) is 74.2 Å². The maximum absolute atomic E-state index is 12.3. The van der Waals surface area contributed by atoms with Gasteiger partial charge in [0.15, 0.2) is 0 Å². The summed E-state index contributed by atoms with van der Waals surface area (Å²) in [7, 11) is -2.14. The highest BCUT2D eigenvalue weighted by molar-refractivity contribution is 7.33. The summed E-state index contributed by atoms with van der Waals surface area (Å²) in [6, 6.07) is 16.6. The standard InChI is InChI=1S/C46H62N4O3P/c1-3-5-7-9-11-13-15-17-23-39-27-29-41(45-43(39)25-19-33-49-45)37-47-31-21-35-52-54(51)53-36-22-32-48-38-42-30-28-40(44-26-20-34-50-46(42)44)24-18-16-14-12-10-8-6-4-2/h19-20,25-30,33-34,47-48H,3-16,21-22,31-32,35-38H2,1-2H3/q+1. The second kappa shape index (κ2) is 27.0. The molecule has 0 radical (unpaired) electrons. The summed E-state index contributed by atoms with van der Waals surface area (Å²) in [6.45, 7) is 8.09. The minimum Gasteiger partial charge on any atom is -0.313 e. The predicted octanol–water partition coefficient (Wildman–Crippen LogP) is 11.3. The molecule has 0 aliphatic rings. The van der Waals surface area contributed by atoms with Gasteiger partial charge in [0.05, 0.1) is 11.0 Å². The lowest BCUT2D eigenvalue weighted by atomic mass is 10.0. The highest BCUT2D eigenvalue weighted by atomic mass is 31.1. The van der Waals surface area contributed by atoms with Gasteiger partial charge in [-0.3, -0.25) is 9.97 Å². The zero-order valence-electron chi connectivity index (χ0n) is 32.9. The quantitative estimate of drug-likeness (QED) is 0.0375. The summed E-state index contributed by atoms with van der Waals surface area (Å²) in [4.78, 5) is 9.33. The maximum Gasteiger partial charge on any atom is 0.697 e. The van der Waals surface area contributed by atoms with Crippen LogP contribution >= 0.6 is 8.25 Å². The minimum absolute atomic E-state index is 0.367. The summed E-state index contributed by atoms with van der Waals surface area (Å²) in [5.74, 6) is 13.5. The molecule has 54 heavy (non-hydrogen) atoms. The normalized spacial score (nSPS) is 11.0. The maximum atomic E-state index is 12.3. The van der Waals surface area contributed by atoms with Crippen LogP contribution in [0.1, 0.15) is 139 Å². The molecule has 2 aromatic heterocycles. The molecule has 0 spiro atoms. The Morgan fingerprint density at radius 2 is 1.02 bits per heavy atom. The molecule has 7 nitrogen and oxygen atoms in total. The molecular weight excluding hydrogens is 688 g/mol. The number of nitrogens with one attached hydrogen (secondary N) is 2. The molecule has 4 aromatic rings. The van der Waals surface area contributed by atoms with E-state index in [1.807, 2.05) is 24.5 Å². The van der Waals surface area contributed by atoms with Crippen molar-refractivity contribution < 1.29 is 13.6 Å². The van der Waals surface area contributed by atoms with Crippen molar-refractivity contribution >= 4 is 30.1 Å². The Hall–Kier alpha value is -3.68. The third kappa shape index (κ3) is 16.0. The number of hydrogen-bond acceptors (Lipinski definition) is 7. The SMILES string of the molecule is CCCCCCCCC#Cc1ccc(CNCCCO[P+](=O)OCCCNCc2ccc(C#CCCCCCCCC)c3cccnc23)c2ncccc12. The molecule has 0 saturated carbocycles. The fraction of sp³-hybridized carbons (Fsp3) is 0.522. The van der Waals surface area contributed by atoms with Crippen LogP contribution in [0.15, 0.2) is 60.9 Å². The van der Waals surface area contributed by atoms with E-state index in [0.29, 0.717) is 26.3 Å². The lowest BCUT2D eigenvalue weighted by molar-refractivity contribution is 0.220. The van der Waals surface area contributed by atoms with E-state index in [1.165, 1.54) is 77.0 Å². The molecule has 0 unspecified atom stereocenters. The predicted molar refractivity (Wildman–Crippen MR) is 225 cm³/mol. The Kier molecular flexibility index (Phi) is 21.5. The minimum atomic E-state index is -2.14. The molecule has 0 amide bonds. The van der Waals surface area contributed by atoms with Crippen molar-refractivity contribution in [2.24, 2.45) is 0 Å². The summed E-state index contributed by atoms with van der Waals surface area (Å²) >= 11 is 0. The van der Waals surface area contributed by atoms with Crippen molar-refractivity contribution in [3.8, 4) is 23.7 Å². The molecule has 0 saturated heterocycles. The van der Waals surface area contributed by atoms with Gasteiger partial charge in [-0.25, -0.2) is 0 Å². The van der Waals surface area contributed by atoms with E-state index in [9.17, 15) is 4.57 Å². The number of rotatable bonds is 26. The first-order valence-electron chi connectivity index (χ1n) is 20.6. The molecule has 0 aliphatic carbocycles. The number of fused-ring (bicyclic) bond motifs is 2. The van der Waals surface area contributed by atoms with Gasteiger partial charge in [-0.1, -0.05) is 126 Å². The molecule has 8 heteroatoms. The molecule has 4 rings (SSSR count). The van der Waals surface area contributed by atoms with Crippen LogP contribution in [0, 0.1) is 23.7 Å². The Labute approximate surface area is 326 Å². The van der Waals surface area contributed by atoms with Gasteiger partial charge < -0.3 is 10.6 Å². The number of aromatic nitrogens is 2. The molecular formula is C46H62N4O3P+. The highest BCUT2D eigenvalue weighted by Gasteiger charge is 2.19. The zero-order valence-corrected chi connectivity index (χ0v) is 33.8. The Balaban J connectivity index is 1.07. The van der Waals surface area contributed by atoms with E-state index >= 15 is 0 Å². The number of pyridine rings is 2. The topological polar surface area (TPSA) is 85.4 Å². The summed E-state index contributed by atoms with van der Waals surface area (Å²) in [6.07, 6.45) is 22.4. The first-order valence-corrected chi connectivity index (χ1v) is 21.7. The van der Waals surface area contributed by atoms with Gasteiger partial charge in [0.1, 0.15) is 13.2 Å². The monoisotopic (exact) mass is 749 g/mol. The van der Waals surface area contributed by atoms with Gasteiger partial charge >= 0.3 is 8.25 Å². The van der Waals surface area contributed by atoms with Crippen LogP contribution in [-0.2, 0) is 26.7 Å². The third-order valence-electron chi connectivity index (χ3n) is 9.48. The molecule has 288 valence electrons. The van der Waals surface area contributed by atoms with E-state index < -0.39 is 8.25 Å². The van der Waals surface area contributed by atoms with Crippen LogP contribution in [0.4, 0.5) is 0 Å². The largest absolute Gasteiger partial charge is 0.697 e. The van der Waals surface area contributed by atoms with Gasteiger partial charge in [-0.2, -0.15) is 0 Å². The first-order chi connectivity index (χ1) is 26.7. The van der Waals surface area contributed by atoms with Crippen LogP contribution in [0.2, 0.25) is 0 Å². The second-order valence-electron chi connectivity index (χ2n) is 13.9. The van der Waals surface area contributed by atoms with Gasteiger partial charge in [0, 0.05) is 64.8 Å². The van der Waals surface area contributed by atoms with Crippen molar-refractivity contribution in [3.63, 3.8) is 0 Å². The number of unbranched alkanes of at least 4 members (excludes halogenated alkanes) is 12. The summed E-state index contributed by atoms with van der Waals surface area (Å²) in [5.41, 5.74) is 6.33. The Morgan fingerprint density at radius 1 is 0.574 bits per heavy atom. The number of benzene rings is 2. The van der Waals surface area contributed by atoms with Crippen LogP contribution in [0.3, 0.4) is 0 Å². The third-order valence-corrected chi connectivity index (χ3v) is 10.3. The molecule has 2 heterocycles. The lowest BCUT2D eigenvalue weighted by Gasteiger charge is -2.09. The van der Waals surface area contributed by atoms with Crippen molar-refractivity contribution in [1.82, 2.24) is 20.6 Å². The van der Waals surface area contributed by atoms with Crippen LogP contribution in [-0.4, -0.2) is 36.3 Å². The van der Waals surface area contributed by atoms with E-state index in [4.69, 9.17) is 9.05 Å². The Morgan fingerprint density at radius 3 is 1.48 bits per heavy atom. The van der Waals surface area contributed by atoms with Gasteiger partial charge in [0.2, 0.25) is 0 Å². The van der Waals surface area contributed by atoms with Crippen molar-refractivity contribution in [2.75, 3.05) is 26.3 Å². The fourth-order valence-corrected chi connectivity index (χ4v) is 7.06. The Bertz CT molecular complexity index is 1690. The lowest BCUT2D eigenvalue weighted by Crippen LogP contribution is -2.17. The van der Waals surface area contributed by atoms with Crippen LogP contribution < -0.4 is 10.6 Å². The van der Waals surface area contributed by atoms with E-state index in [-0.39, 0.29) is 0 Å². The van der Waals surface area contributed by atoms with Crippen LogP contribution in [0.5, 0.6) is 0 Å². The smallest absolute Gasteiger partial charge is 0.313 e. The molecule has 0 bridgehead atoms. The number of hydrogen-bond donors (Lipinski definition) is 2. The van der Waals surface area contributed by atoms with Crippen molar-refractivity contribution in [1.29, 1.82) is 0 Å². The first kappa shape index (κ1) is 43.1. The summed E-state index contributed by atoms with van der Waals surface area (Å²) < 4.78 is 23.1. The number of nitrogens with zero attached hydrogens (tertiary/aromatic N) is 2. The van der Waals surface area contributed by atoms with E-state index in [1.54, 1.807) is 0 Å². The molecule has 0 atom stereocenters. The van der Waals surface area contributed by atoms with Crippen molar-refractivity contribution in [3.05, 3.63) is 83.2 Å². The molecule has 2 N–H and O–H groups in total. The summed E-state index contributed by atoms with van der Waals surface area (Å²) in [5, 5.41) is 9.13. The van der Waals surface area contributed by atoms with Crippen molar-refractivity contribution in [2.45, 2.75) is 130 Å². The highest BCUT2D eigenvalue weighted by Crippen LogP contribution is 2.24. The van der Waals surface area contributed by atoms with Crippen LogP contribution in [0.25, 0.3) is 21.8 Å². The van der Waals surface area contributed by atoms with Gasteiger partial charge in [-0.15, -0.1) is 9.05 Å². The molecule has 2 aromatic carbocycles. The average Bonchev–Trinajstić information content (AvgIpc) is 3.20. The van der Waals surface area contributed by atoms with E-state index in [2.05, 4.69) is 94.5 Å². The molecule has 0 fully saturated rings. The molecule has 0 aliphatic heterocycles. The van der Waals surface area contributed by atoms with Gasteiger partial charge in [0.25, 0.3) is 0 Å². The van der Waals surface area contributed by atoms with E-state index in [0.717, 1.165) is 82.8 Å². The second-order valence-corrected chi connectivity index (χ2v) is 14.9. The average molecular weight is 750 g/mol.